The number of likely N-dealkylation sites (N-methyl/N-ethyl adjacent to an activating group) is 1. The molecule has 1 fully saturated rings. The van der Waals surface area contributed by atoms with Gasteiger partial charge in [0.05, 0.1) is 18.8 Å². The highest BCUT2D eigenvalue weighted by molar-refractivity contribution is 6.06. The van der Waals surface area contributed by atoms with Gasteiger partial charge in [0.2, 0.25) is 11.9 Å². The Hall–Kier alpha value is -3.83. The number of H-pyrrole nitrogens is 1. The highest BCUT2D eigenvalue weighted by Gasteiger charge is 2.28. The highest BCUT2D eigenvalue weighted by Crippen LogP contribution is 2.26. The summed E-state index contributed by atoms with van der Waals surface area (Å²) in [6.07, 6.45) is 3.42. The van der Waals surface area contributed by atoms with Gasteiger partial charge in [0.15, 0.2) is 0 Å². The number of aromatic amines is 1. The zero-order chi connectivity index (χ0) is 25.7. The van der Waals surface area contributed by atoms with Crippen molar-refractivity contribution in [3.8, 4) is 0 Å². The molecule has 1 aromatic carbocycles. The van der Waals surface area contributed by atoms with Gasteiger partial charge in [-0.3, -0.25) is 19.9 Å². The molecule has 1 atom stereocenters. The first-order valence-corrected chi connectivity index (χ1v) is 11.9. The lowest BCUT2D eigenvalue weighted by Gasteiger charge is -2.32. The lowest BCUT2D eigenvalue weighted by Crippen LogP contribution is -2.44. The van der Waals surface area contributed by atoms with E-state index < -0.39 is 0 Å². The smallest absolute Gasteiger partial charge is 0.326 e. The molecule has 0 bridgehead atoms. The number of benzene rings is 1. The first kappa shape index (κ1) is 25.3. The molecule has 0 saturated carbocycles. The van der Waals surface area contributed by atoms with Crippen molar-refractivity contribution in [2.45, 2.75) is 13.3 Å². The van der Waals surface area contributed by atoms with Crippen LogP contribution in [0.3, 0.4) is 0 Å². The molecule has 0 radical (unpaired) electrons. The van der Waals surface area contributed by atoms with Gasteiger partial charge in [0.1, 0.15) is 12.4 Å². The second kappa shape index (κ2) is 11.3. The average molecular weight is 495 g/mol. The maximum absolute atomic E-state index is 13.5. The molecule has 2 aromatic rings. The van der Waals surface area contributed by atoms with E-state index >= 15 is 0 Å². The molecular formula is C25H32N7O4+. The number of nitrogens with zero attached hydrogens (tertiary/aromatic N) is 3. The molecule has 5 N–H and O–H groups in total. The van der Waals surface area contributed by atoms with Gasteiger partial charge in [0, 0.05) is 61.5 Å². The number of aliphatic imine (C=N–C) groups is 1. The van der Waals surface area contributed by atoms with Crippen molar-refractivity contribution < 1.29 is 19.7 Å². The molecular weight excluding hydrogens is 462 g/mol. The lowest BCUT2D eigenvalue weighted by molar-refractivity contribution is -0.125. The van der Waals surface area contributed by atoms with Gasteiger partial charge in [0.25, 0.3) is 5.91 Å². The van der Waals surface area contributed by atoms with Crippen LogP contribution in [0.1, 0.15) is 12.0 Å². The predicted molar refractivity (Wildman–Crippen MR) is 138 cm³/mol. The third-order valence-corrected chi connectivity index (χ3v) is 6.31. The van der Waals surface area contributed by atoms with E-state index in [-0.39, 0.29) is 29.8 Å². The van der Waals surface area contributed by atoms with E-state index in [9.17, 15) is 14.4 Å². The van der Waals surface area contributed by atoms with Gasteiger partial charge in [-0.2, -0.15) is 0 Å². The van der Waals surface area contributed by atoms with Gasteiger partial charge in [-0.15, -0.1) is 0 Å². The fourth-order valence-electron chi connectivity index (χ4n) is 4.55. The first-order valence-electron chi connectivity index (χ1n) is 11.9. The maximum Gasteiger partial charge on any atom is 0.326 e. The number of amides is 2. The molecule has 2 aliphatic rings. The van der Waals surface area contributed by atoms with Crippen molar-refractivity contribution in [1.29, 1.82) is 0 Å². The van der Waals surface area contributed by atoms with Crippen LogP contribution in [-0.4, -0.2) is 85.6 Å². The second-order valence-corrected chi connectivity index (χ2v) is 9.08. The van der Waals surface area contributed by atoms with Gasteiger partial charge >= 0.3 is 5.91 Å². The van der Waals surface area contributed by atoms with E-state index in [1.165, 1.54) is 6.07 Å². The first-order chi connectivity index (χ1) is 17.3. The van der Waals surface area contributed by atoms with E-state index in [0.717, 1.165) is 36.9 Å². The fourth-order valence-corrected chi connectivity index (χ4v) is 4.55. The molecule has 11 heteroatoms. The Bertz CT molecular complexity index is 1280. The number of aryl methyl sites for hydroxylation is 1. The molecule has 0 spiro atoms. The summed E-state index contributed by atoms with van der Waals surface area (Å²) in [7, 11) is 1.72. The zero-order valence-corrected chi connectivity index (χ0v) is 20.5. The summed E-state index contributed by atoms with van der Waals surface area (Å²) in [5.41, 5.74) is 2.46. The van der Waals surface area contributed by atoms with Crippen molar-refractivity contribution in [3.63, 3.8) is 0 Å². The van der Waals surface area contributed by atoms with Crippen LogP contribution in [0.5, 0.6) is 0 Å². The number of carbonyl (C=O) groups is 2. The average Bonchev–Trinajstić information content (AvgIpc) is 2.85. The molecule has 0 aliphatic carbocycles. The molecule has 36 heavy (non-hydrogen) atoms. The summed E-state index contributed by atoms with van der Waals surface area (Å²) in [6.45, 7) is 5.70. The van der Waals surface area contributed by atoms with Crippen LogP contribution in [0.15, 0.2) is 45.4 Å². The quantitative estimate of drug-likeness (QED) is 0.281. The van der Waals surface area contributed by atoms with Crippen LogP contribution in [-0.2, 0) is 14.3 Å². The van der Waals surface area contributed by atoms with Gasteiger partial charge < -0.3 is 19.9 Å². The van der Waals surface area contributed by atoms with Gasteiger partial charge in [-0.05, 0) is 37.1 Å². The standard InChI is InChI=1S/C25H31N7O4/c1-16-9-22(33)30-21-4-3-18(11-19(16)21)29-25(35)20-10-17(13-32-5-7-36-8-6-32)12-27-24(20)31(2)14-23(34)28-15-26/h3-4,9,11-12,15,17H,5-8,10,13-14H2,1-2H3,(H,29,35)(H,30,33)(H2,26,28,34)/p+1. The molecule has 4 rings (SSSR count). The second-order valence-electron chi connectivity index (χ2n) is 9.08. The van der Waals surface area contributed by atoms with Crippen LogP contribution in [0.25, 0.3) is 10.9 Å². The number of hydrogen-bond acceptors (Lipinski definition) is 7. The summed E-state index contributed by atoms with van der Waals surface area (Å²) >= 11 is 0. The monoisotopic (exact) mass is 494 g/mol. The number of rotatable bonds is 8. The minimum Gasteiger partial charge on any atom is -0.379 e. The number of carbonyl (C=O) groups excluding carboxylic acids is 2. The maximum atomic E-state index is 13.5. The summed E-state index contributed by atoms with van der Waals surface area (Å²) in [5, 5.41) is 11.6. The summed E-state index contributed by atoms with van der Waals surface area (Å²) in [6, 6.07) is 6.89. The lowest BCUT2D eigenvalue weighted by atomic mass is 9.96. The summed E-state index contributed by atoms with van der Waals surface area (Å²) < 4.78 is 5.44. The van der Waals surface area contributed by atoms with E-state index in [2.05, 4.69) is 25.5 Å². The molecule has 190 valence electrons. The Morgan fingerprint density at radius 3 is 2.83 bits per heavy atom. The van der Waals surface area contributed by atoms with Crippen molar-refractivity contribution in [3.05, 3.63) is 51.6 Å². The minimum absolute atomic E-state index is 0.00613. The van der Waals surface area contributed by atoms with E-state index in [1.807, 2.05) is 19.2 Å². The third-order valence-electron chi connectivity index (χ3n) is 6.31. The van der Waals surface area contributed by atoms with Crippen LogP contribution >= 0.6 is 0 Å². The van der Waals surface area contributed by atoms with Gasteiger partial charge in [-0.1, -0.05) is 0 Å². The van der Waals surface area contributed by atoms with E-state index in [4.69, 9.17) is 10.1 Å². The Labute approximate surface area is 208 Å². The van der Waals surface area contributed by atoms with E-state index in [1.54, 1.807) is 24.1 Å². The third kappa shape index (κ3) is 6.04. The van der Waals surface area contributed by atoms with Crippen molar-refractivity contribution in [2.75, 3.05) is 51.8 Å². The number of aromatic nitrogens is 1. The van der Waals surface area contributed by atoms with Crippen molar-refractivity contribution >= 4 is 41.0 Å². The zero-order valence-electron chi connectivity index (χ0n) is 20.5. The SMILES string of the molecule is Cc1cc(=O)[nH]c2ccc(NC(=O)C3=C(N(C)CC(=O)NC=[NH2+])N=CC(CN4CCOCC4)C3)cc12. The van der Waals surface area contributed by atoms with Crippen LogP contribution < -0.4 is 21.6 Å². The summed E-state index contributed by atoms with van der Waals surface area (Å²) in [5.74, 6) is -0.0971. The Kier molecular flexibility index (Phi) is 7.91. The van der Waals surface area contributed by atoms with E-state index in [0.29, 0.717) is 42.2 Å². The number of morpholine rings is 1. The number of nitrogens with two attached hydrogens (primary N) is 1. The Morgan fingerprint density at radius 1 is 1.31 bits per heavy atom. The normalized spacial score (nSPS) is 18.2. The molecule has 2 aliphatic heterocycles. The minimum atomic E-state index is -0.308. The molecule has 1 saturated heterocycles. The summed E-state index contributed by atoms with van der Waals surface area (Å²) in [4.78, 5) is 48.7. The Morgan fingerprint density at radius 2 is 2.08 bits per heavy atom. The molecule has 11 nitrogen and oxygen atoms in total. The number of nitrogens with one attached hydrogen (secondary N) is 3. The largest absolute Gasteiger partial charge is 0.379 e. The highest BCUT2D eigenvalue weighted by atomic mass is 16.5. The van der Waals surface area contributed by atoms with Crippen LogP contribution in [0.4, 0.5) is 5.69 Å². The number of anilines is 1. The van der Waals surface area contributed by atoms with Crippen LogP contribution in [0.2, 0.25) is 0 Å². The molecule has 1 aromatic heterocycles. The number of pyridine rings is 1. The number of ether oxygens (including phenoxy) is 1. The molecule has 3 heterocycles. The topological polar surface area (TPSA) is 145 Å². The predicted octanol–water partition coefficient (Wildman–Crippen LogP) is -0.755. The van der Waals surface area contributed by atoms with Gasteiger partial charge in [-0.25, -0.2) is 15.1 Å². The van der Waals surface area contributed by atoms with Crippen LogP contribution in [0, 0.1) is 12.8 Å². The molecule has 1 unspecified atom stereocenters. The number of hydrogen-bond donors (Lipinski definition) is 4. The number of fused-ring (bicyclic) bond motifs is 1. The van der Waals surface area contributed by atoms with Crippen molar-refractivity contribution in [2.24, 2.45) is 10.9 Å². The Balaban J connectivity index is 1.58. The van der Waals surface area contributed by atoms with Crippen molar-refractivity contribution in [1.82, 2.24) is 20.1 Å². The fraction of sp³-hybridized carbons (Fsp3) is 0.400. The molecule has 2 amide bonds.